The Hall–Kier alpha value is -4.73. The number of nitro groups is 1. The summed E-state index contributed by atoms with van der Waals surface area (Å²) in [5.74, 6) is -0.558. The molecule has 1 N–H and O–H groups in total. The minimum atomic E-state index is -1.07. The van der Waals surface area contributed by atoms with Crippen LogP contribution in [-0.4, -0.2) is 34.7 Å². The summed E-state index contributed by atoms with van der Waals surface area (Å²) in [4.78, 5) is 34.9. The number of hydrogen-bond donors (Lipinski definition) is 1. The van der Waals surface area contributed by atoms with Crippen LogP contribution in [0.3, 0.4) is 0 Å². The van der Waals surface area contributed by atoms with Crippen molar-refractivity contribution in [2.75, 3.05) is 12.1 Å². The molecule has 4 rings (SSSR count). The Kier molecular flexibility index (Phi) is 5.49. The maximum absolute atomic E-state index is 12.9. The van der Waals surface area contributed by atoms with E-state index < -0.39 is 16.8 Å². The van der Waals surface area contributed by atoms with E-state index in [0.29, 0.717) is 22.9 Å². The average molecular weight is 447 g/mol. The Morgan fingerprint density at radius 1 is 1.18 bits per heavy atom. The van der Waals surface area contributed by atoms with Gasteiger partial charge in [0.25, 0.3) is 11.6 Å². The van der Waals surface area contributed by atoms with Crippen molar-refractivity contribution >= 4 is 35.0 Å². The number of nitro benzene ring substituents is 1. The van der Waals surface area contributed by atoms with E-state index >= 15 is 0 Å². The molecule has 1 aliphatic rings. The van der Waals surface area contributed by atoms with Crippen molar-refractivity contribution in [3.05, 3.63) is 81.6 Å². The molecule has 33 heavy (non-hydrogen) atoms. The molecule has 0 fully saturated rings. The number of ether oxygens (including phenoxy) is 1. The molecule has 1 aromatic heterocycles. The fourth-order valence-corrected chi connectivity index (χ4v) is 3.32. The van der Waals surface area contributed by atoms with Crippen molar-refractivity contribution in [1.82, 2.24) is 0 Å². The number of methoxy groups -OCH3 is 1. The SMILES string of the molecule is COc1ccc(-c2ccc(C=C3C(=O)N(c4ccc(C(=O)O)cc4)N=C3C)o2)c([N+](=O)[O-])c1. The molecule has 2 heterocycles. The van der Waals surface area contributed by atoms with Crippen LogP contribution >= 0.6 is 0 Å². The molecule has 166 valence electrons. The van der Waals surface area contributed by atoms with E-state index in [0.717, 1.165) is 0 Å². The highest BCUT2D eigenvalue weighted by Gasteiger charge is 2.29. The van der Waals surface area contributed by atoms with Gasteiger partial charge in [-0.15, -0.1) is 0 Å². The number of benzene rings is 2. The maximum atomic E-state index is 12.9. The second-order valence-corrected chi connectivity index (χ2v) is 7.05. The fraction of sp³-hybridized carbons (Fsp3) is 0.0870. The lowest BCUT2D eigenvalue weighted by molar-refractivity contribution is -0.384. The molecular formula is C23H17N3O7. The number of carbonyl (C=O) groups is 2. The van der Waals surface area contributed by atoms with Crippen LogP contribution in [0.15, 0.2) is 69.7 Å². The van der Waals surface area contributed by atoms with E-state index in [2.05, 4.69) is 5.10 Å². The lowest BCUT2D eigenvalue weighted by Crippen LogP contribution is -2.21. The number of carbonyl (C=O) groups excluding carboxylic acids is 1. The summed E-state index contributed by atoms with van der Waals surface area (Å²) < 4.78 is 10.8. The number of anilines is 1. The summed E-state index contributed by atoms with van der Waals surface area (Å²) in [5.41, 5.74) is 1.33. The van der Waals surface area contributed by atoms with Gasteiger partial charge in [-0.05, 0) is 61.5 Å². The van der Waals surface area contributed by atoms with E-state index in [-0.39, 0.29) is 28.1 Å². The molecule has 2 aromatic carbocycles. The molecule has 10 heteroatoms. The quantitative estimate of drug-likeness (QED) is 0.337. The van der Waals surface area contributed by atoms with Crippen LogP contribution in [0.5, 0.6) is 5.75 Å². The number of nitrogens with zero attached hydrogens (tertiary/aromatic N) is 3. The number of aromatic carboxylic acids is 1. The highest BCUT2D eigenvalue weighted by atomic mass is 16.6. The van der Waals surface area contributed by atoms with Gasteiger partial charge in [0.15, 0.2) is 0 Å². The van der Waals surface area contributed by atoms with E-state index in [4.69, 9.17) is 14.3 Å². The number of rotatable bonds is 6. The lowest BCUT2D eigenvalue weighted by Gasteiger charge is -2.11. The number of hydrogen-bond acceptors (Lipinski definition) is 7. The molecule has 0 bridgehead atoms. The summed E-state index contributed by atoms with van der Waals surface area (Å²) in [6.07, 6.45) is 1.51. The topological polar surface area (TPSA) is 135 Å². The zero-order chi connectivity index (χ0) is 23.7. The predicted molar refractivity (Wildman–Crippen MR) is 119 cm³/mol. The van der Waals surface area contributed by atoms with E-state index in [1.165, 1.54) is 54.6 Å². The number of amides is 1. The summed E-state index contributed by atoms with van der Waals surface area (Å²) in [5, 5.41) is 25.9. The Bertz CT molecular complexity index is 1340. The lowest BCUT2D eigenvalue weighted by atomic mass is 10.1. The van der Waals surface area contributed by atoms with Gasteiger partial charge in [-0.25, -0.2) is 4.79 Å². The molecular weight excluding hydrogens is 430 g/mol. The fourth-order valence-electron chi connectivity index (χ4n) is 3.32. The minimum Gasteiger partial charge on any atom is -0.497 e. The van der Waals surface area contributed by atoms with Gasteiger partial charge in [0.2, 0.25) is 0 Å². The number of furan rings is 1. The van der Waals surface area contributed by atoms with Crippen LogP contribution in [0.25, 0.3) is 17.4 Å². The third kappa shape index (κ3) is 4.09. The van der Waals surface area contributed by atoms with Crippen LogP contribution in [0, 0.1) is 10.1 Å². The molecule has 10 nitrogen and oxygen atoms in total. The summed E-state index contributed by atoms with van der Waals surface area (Å²) >= 11 is 0. The smallest absolute Gasteiger partial charge is 0.335 e. The first kappa shape index (κ1) is 21.5. The van der Waals surface area contributed by atoms with E-state index in [1.807, 2.05) is 0 Å². The van der Waals surface area contributed by atoms with E-state index in [9.17, 15) is 19.7 Å². The summed E-state index contributed by atoms with van der Waals surface area (Å²) in [6, 6.07) is 13.4. The molecule has 1 amide bonds. The van der Waals surface area contributed by atoms with Gasteiger partial charge in [0.05, 0.1) is 46.2 Å². The maximum Gasteiger partial charge on any atom is 0.335 e. The van der Waals surface area contributed by atoms with Crippen molar-refractivity contribution in [2.45, 2.75) is 6.92 Å². The monoisotopic (exact) mass is 447 g/mol. The van der Waals surface area contributed by atoms with Crippen molar-refractivity contribution in [3.63, 3.8) is 0 Å². The Labute approximate surface area is 187 Å². The number of hydrazone groups is 1. The molecule has 1 aliphatic heterocycles. The Balaban J connectivity index is 1.62. The zero-order valence-corrected chi connectivity index (χ0v) is 17.5. The van der Waals surface area contributed by atoms with Gasteiger partial charge in [-0.2, -0.15) is 10.1 Å². The van der Waals surface area contributed by atoms with Crippen molar-refractivity contribution in [2.24, 2.45) is 5.10 Å². The second kappa shape index (κ2) is 8.42. The van der Waals surface area contributed by atoms with Gasteiger partial charge in [-0.3, -0.25) is 14.9 Å². The van der Waals surface area contributed by atoms with Crippen LogP contribution in [0.2, 0.25) is 0 Å². The highest BCUT2D eigenvalue weighted by molar-refractivity contribution is 6.32. The minimum absolute atomic E-state index is 0.0950. The van der Waals surface area contributed by atoms with Crippen molar-refractivity contribution in [1.29, 1.82) is 0 Å². The first-order valence-electron chi connectivity index (χ1n) is 9.66. The first-order chi connectivity index (χ1) is 15.8. The molecule has 0 aliphatic carbocycles. The third-order valence-corrected chi connectivity index (χ3v) is 5.00. The highest BCUT2D eigenvalue weighted by Crippen LogP contribution is 2.35. The van der Waals surface area contributed by atoms with Gasteiger partial charge in [-0.1, -0.05) is 0 Å². The normalized spacial score (nSPS) is 14.5. The third-order valence-electron chi connectivity index (χ3n) is 5.00. The van der Waals surface area contributed by atoms with Gasteiger partial charge >= 0.3 is 5.97 Å². The molecule has 0 unspecified atom stereocenters. The first-order valence-corrected chi connectivity index (χ1v) is 9.66. The van der Waals surface area contributed by atoms with E-state index in [1.54, 1.807) is 25.1 Å². The van der Waals surface area contributed by atoms with Gasteiger partial charge < -0.3 is 14.3 Å². The van der Waals surface area contributed by atoms with Crippen LogP contribution in [0.4, 0.5) is 11.4 Å². The second-order valence-electron chi connectivity index (χ2n) is 7.05. The van der Waals surface area contributed by atoms with Crippen molar-refractivity contribution < 1.29 is 28.8 Å². The molecule has 0 radical (unpaired) electrons. The average Bonchev–Trinajstić information content (AvgIpc) is 3.38. The number of carboxylic acids is 1. The largest absolute Gasteiger partial charge is 0.497 e. The van der Waals surface area contributed by atoms with Crippen molar-refractivity contribution in [3.8, 4) is 17.1 Å². The standard InChI is InChI=1S/C23H17N3O7/c1-13-19(22(27)25(24-13)15-5-3-14(4-6-15)23(28)29)11-17-8-10-21(33-17)18-9-7-16(32-2)12-20(18)26(30)31/h3-12H,1-2H3,(H,28,29). The Morgan fingerprint density at radius 2 is 1.91 bits per heavy atom. The molecule has 0 saturated heterocycles. The summed E-state index contributed by atoms with van der Waals surface area (Å²) in [6.45, 7) is 1.66. The summed E-state index contributed by atoms with van der Waals surface area (Å²) in [7, 11) is 1.42. The van der Waals surface area contributed by atoms with Gasteiger partial charge in [0, 0.05) is 0 Å². The Morgan fingerprint density at radius 3 is 2.55 bits per heavy atom. The van der Waals surface area contributed by atoms with Crippen LogP contribution in [-0.2, 0) is 4.79 Å². The number of carboxylic acid groups (broad SMARTS) is 1. The zero-order valence-electron chi connectivity index (χ0n) is 17.5. The molecule has 0 saturated carbocycles. The van der Waals surface area contributed by atoms with Crippen LogP contribution < -0.4 is 9.75 Å². The van der Waals surface area contributed by atoms with Gasteiger partial charge in [0.1, 0.15) is 17.3 Å². The molecule has 3 aromatic rings. The predicted octanol–water partition coefficient (Wildman–Crippen LogP) is 4.37. The van der Waals surface area contributed by atoms with Crippen LogP contribution in [0.1, 0.15) is 23.0 Å². The molecule has 0 atom stereocenters. The molecule has 0 spiro atoms.